The summed E-state index contributed by atoms with van der Waals surface area (Å²) in [4.78, 5) is 25.3. The topological polar surface area (TPSA) is 75.4 Å². The molecule has 2 rings (SSSR count). The zero-order chi connectivity index (χ0) is 14.0. The molecule has 0 aliphatic carbocycles. The van der Waals surface area contributed by atoms with Gasteiger partial charge < -0.3 is 10.0 Å². The zero-order valence-electron chi connectivity index (χ0n) is 11.3. The predicted octanol–water partition coefficient (Wildman–Crippen LogP) is 1.20. The van der Waals surface area contributed by atoms with Crippen LogP contribution < -0.4 is 0 Å². The highest BCUT2D eigenvalue weighted by molar-refractivity contribution is 5.97. The largest absolute Gasteiger partial charge is 0.480 e. The maximum atomic E-state index is 12.5. The first-order valence-electron chi connectivity index (χ1n) is 6.54. The number of rotatable bonds is 2. The lowest BCUT2D eigenvalue weighted by Crippen LogP contribution is -2.44. The quantitative estimate of drug-likeness (QED) is 0.871. The molecular weight excluding hydrogens is 246 g/mol. The highest BCUT2D eigenvalue weighted by Crippen LogP contribution is 2.20. The number of aromatic nitrogens is 2. The van der Waals surface area contributed by atoms with E-state index in [0.717, 1.165) is 19.3 Å². The standard InChI is InChI=1S/C13H19N3O3/c1-9-10(8-15(2)14-9)12(17)16-7-5-3-4-6-11(16)13(18)19/h8,11H,3-7H2,1-2H3,(H,18,19). The third-order valence-corrected chi connectivity index (χ3v) is 3.54. The van der Waals surface area contributed by atoms with Crippen LogP contribution in [0.4, 0.5) is 0 Å². The second-order valence-corrected chi connectivity index (χ2v) is 5.00. The number of carbonyl (C=O) groups excluding carboxylic acids is 1. The van der Waals surface area contributed by atoms with Crippen molar-refractivity contribution in [1.29, 1.82) is 0 Å². The lowest BCUT2D eigenvalue weighted by molar-refractivity contribution is -0.142. The number of aliphatic carboxylic acids is 1. The first-order chi connectivity index (χ1) is 9.00. The fourth-order valence-corrected chi connectivity index (χ4v) is 2.57. The van der Waals surface area contributed by atoms with E-state index in [9.17, 15) is 14.7 Å². The summed E-state index contributed by atoms with van der Waals surface area (Å²) < 4.78 is 1.58. The second-order valence-electron chi connectivity index (χ2n) is 5.00. The fraction of sp³-hybridized carbons (Fsp3) is 0.615. The Labute approximate surface area is 112 Å². The number of nitrogens with zero attached hydrogens (tertiary/aromatic N) is 3. The van der Waals surface area contributed by atoms with Gasteiger partial charge in [0.05, 0.1) is 11.3 Å². The van der Waals surface area contributed by atoms with Crippen molar-refractivity contribution in [2.75, 3.05) is 6.54 Å². The molecule has 0 aromatic carbocycles. The van der Waals surface area contributed by atoms with Crippen LogP contribution in [0, 0.1) is 6.92 Å². The van der Waals surface area contributed by atoms with E-state index in [1.165, 1.54) is 4.90 Å². The lowest BCUT2D eigenvalue weighted by atomic mass is 10.1. The Kier molecular flexibility index (Phi) is 3.87. The number of aryl methyl sites for hydroxylation is 2. The van der Waals surface area contributed by atoms with Gasteiger partial charge in [0.15, 0.2) is 0 Å². The van der Waals surface area contributed by atoms with Crippen molar-refractivity contribution in [2.24, 2.45) is 7.05 Å². The molecule has 1 amide bonds. The Morgan fingerprint density at radius 2 is 2.11 bits per heavy atom. The minimum atomic E-state index is -0.920. The SMILES string of the molecule is Cc1nn(C)cc1C(=O)N1CCCCCC1C(=O)O. The number of hydrogen-bond donors (Lipinski definition) is 1. The number of carbonyl (C=O) groups is 2. The summed E-state index contributed by atoms with van der Waals surface area (Å²) in [5, 5.41) is 13.4. The average Bonchev–Trinajstić information content (AvgIpc) is 2.57. The number of carboxylic acid groups (broad SMARTS) is 1. The molecule has 1 fully saturated rings. The van der Waals surface area contributed by atoms with Gasteiger partial charge in [0.2, 0.25) is 0 Å². The number of likely N-dealkylation sites (tertiary alicyclic amines) is 1. The minimum absolute atomic E-state index is 0.222. The molecule has 1 N–H and O–H groups in total. The monoisotopic (exact) mass is 265 g/mol. The Morgan fingerprint density at radius 3 is 2.68 bits per heavy atom. The van der Waals surface area contributed by atoms with E-state index < -0.39 is 12.0 Å². The first kappa shape index (κ1) is 13.6. The van der Waals surface area contributed by atoms with Crippen LogP contribution in [-0.4, -0.2) is 44.3 Å². The van der Waals surface area contributed by atoms with Gasteiger partial charge in [0.25, 0.3) is 5.91 Å². The lowest BCUT2D eigenvalue weighted by Gasteiger charge is -2.26. The molecule has 6 heteroatoms. The van der Waals surface area contributed by atoms with Crippen LogP contribution >= 0.6 is 0 Å². The maximum absolute atomic E-state index is 12.5. The molecule has 1 aromatic heterocycles. The van der Waals surface area contributed by atoms with Crippen LogP contribution in [0.1, 0.15) is 41.7 Å². The van der Waals surface area contributed by atoms with Gasteiger partial charge in [0, 0.05) is 19.8 Å². The molecule has 1 aliphatic heterocycles. The van der Waals surface area contributed by atoms with Crippen LogP contribution in [0.5, 0.6) is 0 Å². The molecule has 19 heavy (non-hydrogen) atoms. The van der Waals surface area contributed by atoms with Crippen molar-refractivity contribution < 1.29 is 14.7 Å². The van der Waals surface area contributed by atoms with Crippen LogP contribution in [0.25, 0.3) is 0 Å². The van der Waals surface area contributed by atoms with Gasteiger partial charge >= 0.3 is 5.97 Å². The molecule has 6 nitrogen and oxygen atoms in total. The fourth-order valence-electron chi connectivity index (χ4n) is 2.57. The summed E-state index contributed by atoms with van der Waals surface area (Å²) >= 11 is 0. The Morgan fingerprint density at radius 1 is 1.37 bits per heavy atom. The summed E-state index contributed by atoms with van der Waals surface area (Å²) in [6.45, 7) is 2.27. The van der Waals surface area contributed by atoms with Gasteiger partial charge in [-0.15, -0.1) is 0 Å². The summed E-state index contributed by atoms with van der Waals surface area (Å²) in [6, 6.07) is -0.713. The van der Waals surface area contributed by atoms with Gasteiger partial charge in [-0.05, 0) is 19.8 Å². The summed E-state index contributed by atoms with van der Waals surface area (Å²) in [6.07, 6.45) is 4.86. The molecule has 0 spiro atoms. The van der Waals surface area contributed by atoms with Crippen molar-refractivity contribution >= 4 is 11.9 Å². The molecule has 1 atom stereocenters. The second kappa shape index (κ2) is 5.42. The molecular formula is C13H19N3O3. The third kappa shape index (κ3) is 2.77. The summed E-state index contributed by atoms with van der Waals surface area (Å²) in [7, 11) is 1.75. The van der Waals surface area contributed by atoms with Crippen LogP contribution in [0.3, 0.4) is 0 Å². The average molecular weight is 265 g/mol. The van der Waals surface area contributed by atoms with E-state index >= 15 is 0 Å². The normalized spacial score (nSPS) is 20.1. The first-order valence-corrected chi connectivity index (χ1v) is 6.54. The van der Waals surface area contributed by atoms with Gasteiger partial charge in [-0.1, -0.05) is 12.8 Å². The van der Waals surface area contributed by atoms with Crippen molar-refractivity contribution in [2.45, 2.75) is 38.6 Å². The van der Waals surface area contributed by atoms with Crippen molar-refractivity contribution in [3.05, 3.63) is 17.5 Å². The highest BCUT2D eigenvalue weighted by Gasteiger charge is 2.32. The van der Waals surface area contributed by atoms with Crippen LogP contribution in [0.2, 0.25) is 0 Å². The Balaban J connectivity index is 2.28. The van der Waals surface area contributed by atoms with Crippen LogP contribution in [0.15, 0.2) is 6.20 Å². The van der Waals surface area contributed by atoms with Crippen molar-refractivity contribution in [1.82, 2.24) is 14.7 Å². The van der Waals surface area contributed by atoms with E-state index in [-0.39, 0.29) is 5.91 Å². The predicted molar refractivity (Wildman–Crippen MR) is 68.9 cm³/mol. The van der Waals surface area contributed by atoms with E-state index in [1.54, 1.807) is 24.9 Å². The van der Waals surface area contributed by atoms with E-state index in [1.807, 2.05) is 0 Å². The van der Waals surface area contributed by atoms with Crippen LogP contribution in [-0.2, 0) is 11.8 Å². The molecule has 104 valence electrons. The molecule has 2 heterocycles. The summed E-state index contributed by atoms with van der Waals surface area (Å²) in [5.41, 5.74) is 1.14. The number of amides is 1. The molecule has 0 saturated carbocycles. The van der Waals surface area contributed by atoms with Crippen molar-refractivity contribution in [3.8, 4) is 0 Å². The minimum Gasteiger partial charge on any atom is -0.480 e. The van der Waals surface area contributed by atoms with E-state index in [0.29, 0.717) is 24.2 Å². The molecule has 1 unspecified atom stereocenters. The Bertz CT molecular complexity index is 495. The van der Waals surface area contributed by atoms with E-state index in [4.69, 9.17) is 0 Å². The molecule has 0 radical (unpaired) electrons. The highest BCUT2D eigenvalue weighted by atomic mass is 16.4. The van der Waals surface area contributed by atoms with Gasteiger partial charge in [-0.3, -0.25) is 9.48 Å². The van der Waals surface area contributed by atoms with Gasteiger partial charge in [-0.25, -0.2) is 4.79 Å². The summed E-state index contributed by atoms with van der Waals surface area (Å²) in [5.74, 6) is -1.14. The van der Waals surface area contributed by atoms with E-state index in [2.05, 4.69) is 5.10 Å². The smallest absolute Gasteiger partial charge is 0.326 e. The zero-order valence-corrected chi connectivity index (χ0v) is 11.3. The molecule has 1 aliphatic rings. The molecule has 1 saturated heterocycles. The van der Waals surface area contributed by atoms with Gasteiger partial charge in [0.1, 0.15) is 6.04 Å². The Hall–Kier alpha value is -1.85. The molecule has 0 bridgehead atoms. The number of hydrogen-bond acceptors (Lipinski definition) is 3. The van der Waals surface area contributed by atoms with Gasteiger partial charge in [-0.2, -0.15) is 5.10 Å². The number of carboxylic acids is 1. The molecule has 1 aromatic rings. The van der Waals surface area contributed by atoms with Crippen molar-refractivity contribution in [3.63, 3.8) is 0 Å². The maximum Gasteiger partial charge on any atom is 0.326 e. The third-order valence-electron chi connectivity index (χ3n) is 3.54.